The lowest BCUT2D eigenvalue weighted by Gasteiger charge is -2.22. The second-order valence-corrected chi connectivity index (χ2v) is 6.28. The van der Waals surface area contributed by atoms with E-state index in [0.717, 1.165) is 42.4 Å². The molecule has 0 radical (unpaired) electrons. The number of hydrogen-bond acceptors (Lipinski definition) is 4. The van der Waals surface area contributed by atoms with Crippen LogP contribution in [-0.4, -0.2) is 36.3 Å². The minimum Gasteiger partial charge on any atom is -0.464 e. The smallest absolute Gasteiger partial charge is 0.323 e. The summed E-state index contributed by atoms with van der Waals surface area (Å²) in [5.41, 5.74) is 8.05. The molecule has 1 aliphatic rings. The maximum Gasteiger partial charge on any atom is 0.323 e. The van der Waals surface area contributed by atoms with Crippen molar-refractivity contribution in [3.05, 3.63) is 36.0 Å². The van der Waals surface area contributed by atoms with Crippen molar-refractivity contribution in [1.82, 2.24) is 9.88 Å². The quantitative estimate of drug-likeness (QED) is 0.822. The normalized spacial score (nSPS) is 17.9. The van der Waals surface area contributed by atoms with Gasteiger partial charge in [-0.25, -0.2) is 0 Å². The second-order valence-electron chi connectivity index (χ2n) is 6.28. The second kappa shape index (κ2) is 7.15. The van der Waals surface area contributed by atoms with Crippen molar-refractivity contribution in [3.8, 4) is 0 Å². The van der Waals surface area contributed by atoms with Crippen LogP contribution in [0.4, 0.5) is 0 Å². The minimum atomic E-state index is -0.670. The Balaban J connectivity index is 1.61. The van der Waals surface area contributed by atoms with Gasteiger partial charge in [0.15, 0.2) is 0 Å². The van der Waals surface area contributed by atoms with Crippen molar-refractivity contribution in [3.63, 3.8) is 0 Å². The molecule has 3 N–H and O–H groups in total. The number of fused-ring (bicyclic) bond motifs is 1. The van der Waals surface area contributed by atoms with Crippen molar-refractivity contribution >= 4 is 16.9 Å². The number of nitrogens with zero attached hydrogens (tertiary/aromatic N) is 1. The molecular formula is C18H25N3O2. The van der Waals surface area contributed by atoms with Gasteiger partial charge in [0.05, 0.1) is 6.61 Å². The Kier molecular flexibility index (Phi) is 4.58. The van der Waals surface area contributed by atoms with E-state index >= 15 is 0 Å². The summed E-state index contributed by atoms with van der Waals surface area (Å²) in [6.07, 6.45) is 4.43. The van der Waals surface area contributed by atoms with Crippen molar-refractivity contribution in [1.29, 1.82) is 0 Å². The molecule has 0 amide bonds. The van der Waals surface area contributed by atoms with E-state index in [0.29, 0.717) is 18.9 Å². The van der Waals surface area contributed by atoms with E-state index in [4.69, 9.17) is 11.8 Å². The molecular weight excluding hydrogens is 290 g/mol. The summed E-state index contributed by atoms with van der Waals surface area (Å²) in [5, 5.41) is 4.35. The van der Waals surface area contributed by atoms with Crippen LogP contribution >= 0.6 is 0 Å². The first kappa shape index (κ1) is 14.7. The molecule has 1 saturated heterocycles. The van der Waals surface area contributed by atoms with E-state index in [1.807, 2.05) is 35.0 Å². The molecule has 23 heavy (non-hydrogen) atoms. The fourth-order valence-electron chi connectivity index (χ4n) is 3.16. The number of hydrogen-bond donors (Lipinski definition) is 2. The zero-order valence-corrected chi connectivity index (χ0v) is 13.3. The summed E-state index contributed by atoms with van der Waals surface area (Å²) in [6.45, 7) is 2.44. The third-order valence-electron chi connectivity index (χ3n) is 4.53. The number of esters is 1. The van der Waals surface area contributed by atoms with E-state index in [2.05, 4.69) is 5.32 Å². The Morgan fingerprint density at radius 2 is 2.26 bits per heavy atom. The minimum absolute atomic E-state index is 0.149. The highest BCUT2D eigenvalue weighted by Crippen LogP contribution is 2.21. The Hall–Kier alpha value is -1.85. The van der Waals surface area contributed by atoms with Crippen LogP contribution in [0.15, 0.2) is 30.5 Å². The molecule has 1 atom stereocenters. The zero-order chi connectivity index (χ0) is 16.9. The maximum atomic E-state index is 12.2. The monoisotopic (exact) mass is 316 g/mol. The number of carbonyl (C=O) groups excluding carboxylic acids is 1. The van der Waals surface area contributed by atoms with E-state index in [1.165, 1.54) is 0 Å². The molecule has 0 aliphatic carbocycles. The van der Waals surface area contributed by atoms with Crippen molar-refractivity contribution in [2.45, 2.75) is 25.3 Å². The first-order chi connectivity index (χ1) is 11.7. The highest BCUT2D eigenvalue weighted by atomic mass is 16.5. The van der Waals surface area contributed by atoms with Gasteiger partial charge in [0, 0.05) is 31.9 Å². The van der Waals surface area contributed by atoms with E-state index < -0.39 is 6.04 Å². The standard InChI is InChI=1S/C18H25N3O2/c1-21-11-14(15-4-2-3-5-17(15)21)10-16(19)18(22)23-12-13-6-8-20-9-7-13/h2-5,11,13,16,20H,6-10,12,19H2,1H3/t16-/m0/s1/i1D. The van der Waals surface area contributed by atoms with E-state index in [9.17, 15) is 4.79 Å². The van der Waals surface area contributed by atoms with Crippen LogP contribution in [0.1, 0.15) is 19.8 Å². The molecule has 1 aromatic heterocycles. The fraction of sp³-hybridized carbons (Fsp3) is 0.500. The Morgan fingerprint density at radius 3 is 3.04 bits per heavy atom. The number of rotatable bonds is 5. The maximum absolute atomic E-state index is 12.2. The van der Waals surface area contributed by atoms with Gasteiger partial charge in [-0.1, -0.05) is 18.2 Å². The molecule has 5 heteroatoms. The Morgan fingerprint density at radius 1 is 1.48 bits per heavy atom. The third kappa shape index (κ3) is 3.74. The molecule has 1 fully saturated rings. The van der Waals surface area contributed by atoms with Crippen molar-refractivity contribution < 1.29 is 10.9 Å². The van der Waals surface area contributed by atoms with Gasteiger partial charge in [-0.3, -0.25) is 4.79 Å². The van der Waals surface area contributed by atoms with Gasteiger partial charge in [-0.15, -0.1) is 0 Å². The Bertz CT molecular complexity index is 695. The molecule has 2 aromatic rings. The number of para-hydroxylation sites is 1. The number of piperidine rings is 1. The number of carbonyl (C=O) groups is 1. The summed E-state index contributed by atoms with van der Waals surface area (Å²) in [6, 6.07) is 7.22. The number of benzene rings is 1. The third-order valence-corrected chi connectivity index (χ3v) is 4.53. The summed E-state index contributed by atoms with van der Waals surface area (Å²) < 4.78 is 14.9. The van der Waals surface area contributed by atoms with Crippen LogP contribution in [0.25, 0.3) is 10.9 Å². The predicted octanol–water partition coefficient (Wildman–Crippen LogP) is 1.59. The van der Waals surface area contributed by atoms with E-state index in [-0.39, 0.29) is 13.0 Å². The highest BCUT2D eigenvalue weighted by Gasteiger charge is 2.21. The van der Waals surface area contributed by atoms with E-state index in [1.54, 1.807) is 0 Å². The largest absolute Gasteiger partial charge is 0.464 e. The van der Waals surface area contributed by atoms with Gasteiger partial charge in [0.25, 0.3) is 0 Å². The molecule has 0 saturated carbocycles. The van der Waals surface area contributed by atoms with Gasteiger partial charge >= 0.3 is 5.97 Å². The van der Waals surface area contributed by atoms with Crippen molar-refractivity contribution in [2.75, 3.05) is 19.7 Å². The molecule has 5 nitrogen and oxygen atoms in total. The highest BCUT2D eigenvalue weighted by molar-refractivity contribution is 5.85. The summed E-state index contributed by atoms with van der Waals surface area (Å²) >= 11 is 0. The first-order valence-corrected chi connectivity index (χ1v) is 8.18. The SMILES string of the molecule is [2H]Cn1cc(C[C@H](N)C(=O)OCC2CCNCC2)c2ccccc21. The number of aromatic nitrogens is 1. The molecule has 124 valence electrons. The lowest BCUT2D eigenvalue weighted by molar-refractivity contribution is -0.146. The van der Waals surface area contributed by atoms with Crippen LogP contribution < -0.4 is 11.1 Å². The number of ether oxygens (including phenoxy) is 1. The lowest BCUT2D eigenvalue weighted by Crippen LogP contribution is -2.36. The first-order valence-electron chi connectivity index (χ1n) is 8.88. The zero-order valence-electron chi connectivity index (χ0n) is 14.3. The van der Waals surface area contributed by atoms with Gasteiger partial charge in [-0.05, 0) is 43.5 Å². The molecule has 1 aromatic carbocycles. The van der Waals surface area contributed by atoms with Gasteiger partial charge in [0.2, 0.25) is 0 Å². The summed E-state index contributed by atoms with van der Waals surface area (Å²) in [5.74, 6) is 0.101. The fourth-order valence-corrected chi connectivity index (χ4v) is 3.16. The van der Waals surface area contributed by atoms with Gasteiger partial charge in [-0.2, -0.15) is 0 Å². The molecule has 0 unspecified atom stereocenters. The average Bonchev–Trinajstić information content (AvgIpc) is 2.98. The number of nitrogens with one attached hydrogen (secondary N) is 1. The van der Waals surface area contributed by atoms with Crippen LogP contribution in [0.5, 0.6) is 0 Å². The number of aryl methyl sites for hydroxylation is 1. The summed E-state index contributed by atoms with van der Waals surface area (Å²) in [4.78, 5) is 12.2. The summed E-state index contributed by atoms with van der Waals surface area (Å²) in [7, 11) is 0.149. The van der Waals surface area contributed by atoms with Gasteiger partial charge in [0.1, 0.15) is 6.04 Å². The molecule has 2 heterocycles. The molecule has 1 aliphatic heterocycles. The van der Waals surface area contributed by atoms with Crippen LogP contribution in [0, 0.1) is 5.92 Å². The average molecular weight is 316 g/mol. The topological polar surface area (TPSA) is 69.3 Å². The van der Waals surface area contributed by atoms with Crippen molar-refractivity contribution in [2.24, 2.45) is 18.7 Å². The van der Waals surface area contributed by atoms with Gasteiger partial charge < -0.3 is 20.4 Å². The lowest BCUT2D eigenvalue weighted by atomic mass is 9.99. The van der Waals surface area contributed by atoms with Crippen LogP contribution in [-0.2, 0) is 23.0 Å². The predicted molar refractivity (Wildman–Crippen MR) is 91.2 cm³/mol. The Labute approximate surface area is 138 Å². The molecule has 0 spiro atoms. The molecule has 0 bridgehead atoms. The number of nitrogens with two attached hydrogens (primary N) is 1. The molecule has 3 rings (SSSR count). The van der Waals surface area contributed by atoms with Crippen LogP contribution in [0.3, 0.4) is 0 Å². The van der Waals surface area contributed by atoms with Crippen LogP contribution in [0.2, 0.25) is 0 Å².